The van der Waals surface area contributed by atoms with Crippen LogP contribution in [0.25, 0.3) is 11.8 Å². The molecule has 1 atom stereocenters. The van der Waals surface area contributed by atoms with Gasteiger partial charge < -0.3 is 14.0 Å². The average molecular weight is 542 g/mol. The molecule has 0 spiro atoms. The molecule has 0 N–H and O–H groups in total. The number of ether oxygens (including phenoxy) is 2. The van der Waals surface area contributed by atoms with Gasteiger partial charge >= 0.3 is 5.97 Å². The van der Waals surface area contributed by atoms with E-state index < -0.39 is 12.0 Å². The van der Waals surface area contributed by atoms with Crippen LogP contribution in [-0.4, -0.2) is 28.8 Å². The Morgan fingerprint density at radius 1 is 1.05 bits per heavy atom. The number of aromatic nitrogens is 2. The van der Waals surface area contributed by atoms with Crippen molar-refractivity contribution in [3.63, 3.8) is 0 Å². The lowest BCUT2D eigenvalue weighted by molar-refractivity contribution is -0.139. The van der Waals surface area contributed by atoms with Gasteiger partial charge in [-0.25, -0.2) is 9.79 Å². The number of allylic oxidation sites excluding steroid dienone is 1. The van der Waals surface area contributed by atoms with Crippen LogP contribution in [0.4, 0.5) is 0 Å². The van der Waals surface area contributed by atoms with E-state index in [1.54, 1.807) is 25.5 Å². The predicted molar refractivity (Wildman–Crippen MR) is 153 cm³/mol. The fourth-order valence-electron chi connectivity index (χ4n) is 5.06. The van der Waals surface area contributed by atoms with Crippen LogP contribution in [-0.2, 0) is 9.53 Å². The van der Waals surface area contributed by atoms with Gasteiger partial charge in [0.15, 0.2) is 4.80 Å². The number of hydrogen-bond donors (Lipinski definition) is 0. The van der Waals surface area contributed by atoms with Crippen molar-refractivity contribution in [1.82, 2.24) is 9.13 Å². The summed E-state index contributed by atoms with van der Waals surface area (Å²) in [6.07, 6.45) is 1.92. The first-order chi connectivity index (χ1) is 18.7. The highest BCUT2D eigenvalue weighted by molar-refractivity contribution is 7.07. The largest absolute Gasteiger partial charge is 0.497 e. The van der Waals surface area contributed by atoms with Crippen LogP contribution in [0.3, 0.4) is 0 Å². The normalized spacial score (nSPS) is 15.2. The highest BCUT2D eigenvalue weighted by Crippen LogP contribution is 2.31. The fourth-order valence-corrected chi connectivity index (χ4v) is 6.10. The van der Waals surface area contributed by atoms with E-state index in [-0.39, 0.29) is 12.2 Å². The monoisotopic (exact) mass is 541 g/mol. The Kier molecular flexibility index (Phi) is 7.14. The van der Waals surface area contributed by atoms with Crippen molar-refractivity contribution in [2.75, 3.05) is 13.7 Å². The van der Waals surface area contributed by atoms with E-state index in [9.17, 15) is 9.59 Å². The zero-order valence-corrected chi connectivity index (χ0v) is 23.8. The third-order valence-corrected chi connectivity index (χ3v) is 7.98. The molecule has 2 aromatic carbocycles. The van der Waals surface area contributed by atoms with Gasteiger partial charge in [-0.1, -0.05) is 41.2 Å². The summed E-state index contributed by atoms with van der Waals surface area (Å²) < 4.78 is 15.0. The molecule has 2 aromatic heterocycles. The van der Waals surface area contributed by atoms with E-state index in [0.29, 0.717) is 26.4 Å². The second-order valence-electron chi connectivity index (χ2n) is 9.57. The molecule has 8 heteroatoms. The zero-order chi connectivity index (χ0) is 27.8. The highest BCUT2D eigenvalue weighted by Gasteiger charge is 2.33. The quantitative estimate of drug-likeness (QED) is 0.337. The Bertz CT molecular complexity index is 1770. The van der Waals surface area contributed by atoms with Gasteiger partial charge in [0.25, 0.3) is 5.56 Å². The molecular formula is C31H31N3O4S. The van der Waals surface area contributed by atoms with Gasteiger partial charge in [-0.3, -0.25) is 9.36 Å². The van der Waals surface area contributed by atoms with Crippen LogP contribution in [0, 0.1) is 20.8 Å². The number of rotatable bonds is 6. The summed E-state index contributed by atoms with van der Waals surface area (Å²) in [6, 6.07) is 17.2. The van der Waals surface area contributed by atoms with E-state index >= 15 is 0 Å². The number of methoxy groups -OCH3 is 1. The Hall–Kier alpha value is -4.17. The first-order valence-electron chi connectivity index (χ1n) is 12.8. The Balaban J connectivity index is 1.68. The molecule has 1 unspecified atom stereocenters. The molecule has 1 aliphatic heterocycles. The summed E-state index contributed by atoms with van der Waals surface area (Å²) in [5.41, 5.74) is 6.83. The minimum Gasteiger partial charge on any atom is -0.497 e. The van der Waals surface area contributed by atoms with Crippen molar-refractivity contribution >= 4 is 23.4 Å². The lowest BCUT2D eigenvalue weighted by Gasteiger charge is -2.24. The van der Waals surface area contributed by atoms with Gasteiger partial charge in [0.05, 0.1) is 35.6 Å². The molecule has 39 heavy (non-hydrogen) atoms. The maximum absolute atomic E-state index is 13.9. The third kappa shape index (κ3) is 4.76. The molecule has 0 aliphatic carbocycles. The van der Waals surface area contributed by atoms with Crippen LogP contribution in [0.2, 0.25) is 0 Å². The van der Waals surface area contributed by atoms with E-state index in [0.717, 1.165) is 28.2 Å². The summed E-state index contributed by atoms with van der Waals surface area (Å²) in [4.78, 5) is 32.3. The maximum Gasteiger partial charge on any atom is 0.338 e. The number of nitrogens with zero attached hydrogens (tertiary/aromatic N) is 3. The molecule has 0 amide bonds. The molecule has 1 aliphatic rings. The van der Waals surface area contributed by atoms with Crippen molar-refractivity contribution in [1.29, 1.82) is 0 Å². The lowest BCUT2D eigenvalue weighted by Crippen LogP contribution is -2.39. The molecule has 4 aromatic rings. The summed E-state index contributed by atoms with van der Waals surface area (Å²) >= 11 is 1.32. The molecule has 0 saturated carbocycles. The Morgan fingerprint density at radius 2 is 1.74 bits per heavy atom. The number of aryl methyl sites for hydroxylation is 2. The first-order valence-corrected chi connectivity index (χ1v) is 13.6. The number of benzene rings is 2. The fraction of sp³-hybridized carbons (Fsp3) is 0.258. The molecule has 7 nitrogen and oxygen atoms in total. The molecule has 3 heterocycles. The SMILES string of the molecule is CCOC(=O)C1=C(C)N=c2sc(=Cc3cc(C)n(-c4ccc(C)cc4)c3C)c(=O)n2C1c1ccc(OC)cc1. The van der Waals surface area contributed by atoms with Crippen molar-refractivity contribution in [2.45, 2.75) is 40.7 Å². The summed E-state index contributed by atoms with van der Waals surface area (Å²) in [7, 11) is 1.60. The minimum absolute atomic E-state index is 0.200. The van der Waals surface area contributed by atoms with Gasteiger partial charge in [0.1, 0.15) is 5.75 Å². The van der Waals surface area contributed by atoms with Crippen LogP contribution in [0.15, 0.2) is 75.7 Å². The van der Waals surface area contributed by atoms with Crippen molar-refractivity contribution in [3.8, 4) is 11.4 Å². The van der Waals surface area contributed by atoms with E-state index in [4.69, 9.17) is 9.47 Å². The van der Waals surface area contributed by atoms with Gasteiger partial charge in [0, 0.05) is 17.1 Å². The van der Waals surface area contributed by atoms with Crippen LogP contribution >= 0.6 is 11.3 Å². The van der Waals surface area contributed by atoms with E-state index in [1.165, 1.54) is 16.9 Å². The molecular weight excluding hydrogens is 510 g/mol. The number of esters is 1. The van der Waals surface area contributed by atoms with Gasteiger partial charge in [-0.2, -0.15) is 0 Å². The van der Waals surface area contributed by atoms with E-state index in [2.05, 4.69) is 60.7 Å². The molecule has 0 radical (unpaired) electrons. The second-order valence-corrected chi connectivity index (χ2v) is 10.6. The van der Waals surface area contributed by atoms with Gasteiger partial charge in [-0.05, 0) is 82.2 Å². The predicted octanol–water partition coefficient (Wildman–Crippen LogP) is 4.52. The molecule has 5 rings (SSSR count). The molecule has 0 fully saturated rings. The van der Waals surface area contributed by atoms with Crippen molar-refractivity contribution in [3.05, 3.63) is 114 Å². The van der Waals surface area contributed by atoms with Gasteiger partial charge in [-0.15, -0.1) is 0 Å². The lowest BCUT2D eigenvalue weighted by atomic mass is 9.96. The summed E-state index contributed by atoms with van der Waals surface area (Å²) in [5.74, 6) is 0.212. The number of carbonyl (C=O) groups is 1. The number of thiazole rings is 1. The summed E-state index contributed by atoms with van der Waals surface area (Å²) in [5, 5.41) is 0. The van der Waals surface area contributed by atoms with E-state index in [1.807, 2.05) is 30.3 Å². The Morgan fingerprint density at radius 3 is 2.38 bits per heavy atom. The molecule has 0 saturated heterocycles. The standard InChI is InChI=1S/C31H31N3O4S/c1-7-38-30(36)27-20(4)32-31-34(28(27)22-10-14-25(37-6)15-11-22)29(35)26(39-31)17-23-16-19(3)33(21(23)5)24-12-8-18(2)9-13-24/h8-17,28H,7H2,1-6H3. The second kappa shape index (κ2) is 10.5. The average Bonchev–Trinajstić information content (AvgIpc) is 3.38. The smallest absolute Gasteiger partial charge is 0.338 e. The summed E-state index contributed by atoms with van der Waals surface area (Å²) in [6.45, 7) is 9.96. The van der Waals surface area contributed by atoms with Crippen LogP contribution in [0.1, 0.15) is 48.0 Å². The highest BCUT2D eigenvalue weighted by atomic mass is 32.1. The third-order valence-electron chi connectivity index (χ3n) is 7.00. The van der Waals surface area contributed by atoms with Crippen molar-refractivity contribution < 1.29 is 14.3 Å². The zero-order valence-electron chi connectivity index (χ0n) is 22.9. The van der Waals surface area contributed by atoms with Gasteiger partial charge in [0.2, 0.25) is 0 Å². The Labute approximate surface area is 231 Å². The number of fused-ring (bicyclic) bond motifs is 1. The topological polar surface area (TPSA) is 74.8 Å². The number of carbonyl (C=O) groups excluding carboxylic acids is 1. The van der Waals surface area contributed by atoms with Crippen molar-refractivity contribution in [2.24, 2.45) is 4.99 Å². The number of hydrogen-bond acceptors (Lipinski definition) is 6. The first kappa shape index (κ1) is 26.4. The molecule has 0 bridgehead atoms. The minimum atomic E-state index is -0.659. The molecule has 200 valence electrons. The maximum atomic E-state index is 13.9. The van der Waals surface area contributed by atoms with Crippen LogP contribution in [0.5, 0.6) is 5.75 Å². The van der Waals surface area contributed by atoms with Crippen LogP contribution < -0.4 is 19.6 Å².